The number of hydrogen-bond acceptors (Lipinski definition) is 3. The molecule has 6 nitrogen and oxygen atoms in total. The minimum Gasteiger partial charge on any atom is -0.481 e. The zero-order chi connectivity index (χ0) is 14.2. The van der Waals surface area contributed by atoms with Gasteiger partial charge in [0.1, 0.15) is 11.4 Å². The Hall–Kier alpha value is -2.24. The van der Waals surface area contributed by atoms with Crippen LogP contribution in [0.2, 0.25) is 0 Å². The molecule has 0 radical (unpaired) electrons. The predicted molar refractivity (Wildman–Crippen MR) is 70.5 cm³/mol. The molecule has 2 heterocycles. The second kappa shape index (κ2) is 4.79. The maximum atomic E-state index is 11.2. The first-order valence-corrected chi connectivity index (χ1v) is 5.98. The topological polar surface area (TPSA) is 69.3 Å². The van der Waals surface area contributed by atoms with E-state index in [1.807, 2.05) is 13.8 Å². The number of aromatic nitrogens is 3. The van der Waals surface area contributed by atoms with Crippen molar-refractivity contribution in [1.29, 1.82) is 0 Å². The number of aromatic carboxylic acids is 1. The second-order valence-corrected chi connectivity index (χ2v) is 4.57. The first kappa shape index (κ1) is 13.2. The predicted octanol–water partition coefficient (Wildman–Crippen LogP) is 2.18. The van der Waals surface area contributed by atoms with Gasteiger partial charge < -0.3 is 14.4 Å². The van der Waals surface area contributed by atoms with Crippen LogP contribution >= 0.6 is 0 Å². The standard InChI is InChI=1S/C13H17N3O3/c1-8(2)16-10(5-6-11(16)13(17)18)9-7-12(19-4)15(3)14-9/h5-8H,1-4H3,(H,17,18). The summed E-state index contributed by atoms with van der Waals surface area (Å²) in [4.78, 5) is 11.2. The molecule has 6 heteroatoms. The third-order valence-corrected chi connectivity index (χ3v) is 2.96. The molecule has 1 N–H and O–H groups in total. The number of methoxy groups -OCH3 is 1. The summed E-state index contributed by atoms with van der Waals surface area (Å²) in [6.45, 7) is 3.88. The number of carbonyl (C=O) groups is 1. The summed E-state index contributed by atoms with van der Waals surface area (Å²) in [5.74, 6) is -0.314. The summed E-state index contributed by atoms with van der Waals surface area (Å²) >= 11 is 0. The van der Waals surface area contributed by atoms with Crippen LogP contribution in [0.25, 0.3) is 11.4 Å². The van der Waals surface area contributed by atoms with Crippen LogP contribution in [0.5, 0.6) is 5.88 Å². The lowest BCUT2D eigenvalue weighted by molar-refractivity contribution is 0.0683. The summed E-state index contributed by atoms with van der Waals surface area (Å²) in [5.41, 5.74) is 1.72. The van der Waals surface area contributed by atoms with Crippen LogP contribution in [0.15, 0.2) is 18.2 Å². The SMILES string of the molecule is COc1cc(-c2ccc(C(=O)O)n2C(C)C)nn1C. The average Bonchev–Trinajstić information content (AvgIpc) is 2.91. The highest BCUT2D eigenvalue weighted by molar-refractivity contribution is 5.87. The Kier molecular flexibility index (Phi) is 3.33. The van der Waals surface area contributed by atoms with Gasteiger partial charge in [-0.1, -0.05) is 0 Å². The fourth-order valence-corrected chi connectivity index (χ4v) is 2.15. The number of carboxylic acid groups (broad SMARTS) is 1. The molecule has 102 valence electrons. The Morgan fingerprint density at radius 3 is 2.58 bits per heavy atom. The van der Waals surface area contributed by atoms with Gasteiger partial charge in [-0.3, -0.25) is 0 Å². The third kappa shape index (κ3) is 2.21. The van der Waals surface area contributed by atoms with Crippen molar-refractivity contribution >= 4 is 5.97 Å². The van der Waals surface area contributed by atoms with Gasteiger partial charge in [0.15, 0.2) is 0 Å². The van der Waals surface area contributed by atoms with Crippen molar-refractivity contribution in [2.75, 3.05) is 7.11 Å². The second-order valence-electron chi connectivity index (χ2n) is 4.57. The highest BCUT2D eigenvalue weighted by Gasteiger charge is 2.19. The van der Waals surface area contributed by atoms with Gasteiger partial charge in [0.25, 0.3) is 0 Å². The quantitative estimate of drug-likeness (QED) is 0.917. The van der Waals surface area contributed by atoms with E-state index in [1.54, 1.807) is 41.6 Å². The zero-order valence-electron chi connectivity index (χ0n) is 11.4. The van der Waals surface area contributed by atoms with E-state index in [9.17, 15) is 9.90 Å². The van der Waals surface area contributed by atoms with Crippen LogP contribution in [0.3, 0.4) is 0 Å². The summed E-state index contributed by atoms with van der Waals surface area (Å²) < 4.78 is 8.55. The lowest BCUT2D eigenvalue weighted by Gasteiger charge is -2.14. The minimum absolute atomic E-state index is 0.0316. The monoisotopic (exact) mass is 263 g/mol. The molecule has 0 fully saturated rings. The Balaban J connectivity index is 2.58. The zero-order valence-corrected chi connectivity index (χ0v) is 11.4. The van der Waals surface area contributed by atoms with Crippen molar-refractivity contribution in [2.45, 2.75) is 19.9 Å². The first-order valence-electron chi connectivity index (χ1n) is 5.98. The number of nitrogens with zero attached hydrogens (tertiary/aromatic N) is 3. The van der Waals surface area contributed by atoms with Crippen LogP contribution in [0.1, 0.15) is 30.4 Å². The smallest absolute Gasteiger partial charge is 0.352 e. The van der Waals surface area contributed by atoms with Gasteiger partial charge in [0.05, 0.1) is 12.8 Å². The van der Waals surface area contributed by atoms with Gasteiger partial charge in [-0.15, -0.1) is 0 Å². The van der Waals surface area contributed by atoms with Crippen LogP contribution in [-0.2, 0) is 7.05 Å². The maximum absolute atomic E-state index is 11.2. The molecule has 0 bridgehead atoms. The van der Waals surface area contributed by atoms with Crippen molar-refractivity contribution in [2.24, 2.45) is 7.05 Å². The molecule has 2 aromatic heterocycles. The van der Waals surface area contributed by atoms with E-state index in [0.717, 1.165) is 5.69 Å². The fourth-order valence-electron chi connectivity index (χ4n) is 2.15. The number of hydrogen-bond donors (Lipinski definition) is 1. The number of rotatable bonds is 4. The van der Waals surface area contributed by atoms with Crippen molar-refractivity contribution < 1.29 is 14.6 Å². The lowest BCUT2D eigenvalue weighted by Crippen LogP contribution is -2.11. The molecule has 2 aromatic rings. The van der Waals surface area contributed by atoms with Gasteiger partial charge in [-0.2, -0.15) is 5.10 Å². The number of carboxylic acids is 1. The van der Waals surface area contributed by atoms with Crippen molar-refractivity contribution in [3.63, 3.8) is 0 Å². The van der Waals surface area contributed by atoms with E-state index in [1.165, 1.54) is 0 Å². The number of aryl methyl sites for hydroxylation is 1. The van der Waals surface area contributed by atoms with Gasteiger partial charge in [-0.05, 0) is 26.0 Å². The molecule has 0 aliphatic rings. The Labute approximate surface area is 111 Å². The Morgan fingerprint density at radius 1 is 1.42 bits per heavy atom. The molecule has 0 amide bonds. The van der Waals surface area contributed by atoms with E-state index in [4.69, 9.17) is 4.74 Å². The molecular weight excluding hydrogens is 246 g/mol. The van der Waals surface area contributed by atoms with Gasteiger partial charge in [0.2, 0.25) is 5.88 Å². The fraction of sp³-hybridized carbons (Fsp3) is 0.385. The average molecular weight is 263 g/mol. The highest BCUT2D eigenvalue weighted by Crippen LogP contribution is 2.27. The largest absolute Gasteiger partial charge is 0.481 e. The van der Waals surface area contributed by atoms with Crippen LogP contribution < -0.4 is 4.74 Å². The molecule has 0 saturated carbocycles. The molecule has 19 heavy (non-hydrogen) atoms. The summed E-state index contributed by atoms with van der Waals surface area (Å²) in [5, 5.41) is 13.6. The molecule has 0 unspecified atom stereocenters. The molecule has 0 saturated heterocycles. The van der Waals surface area contributed by atoms with Crippen LogP contribution in [-0.4, -0.2) is 32.5 Å². The lowest BCUT2D eigenvalue weighted by atomic mass is 10.3. The van der Waals surface area contributed by atoms with Gasteiger partial charge in [0, 0.05) is 19.2 Å². The van der Waals surface area contributed by atoms with Crippen molar-refractivity contribution in [3.05, 3.63) is 23.9 Å². The van der Waals surface area contributed by atoms with Gasteiger partial charge >= 0.3 is 5.97 Å². The summed E-state index contributed by atoms with van der Waals surface area (Å²) in [6, 6.07) is 5.19. The molecule has 2 rings (SSSR count). The molecule has 0 aliphatic heterocycles. The minimum atomic E-state index is -0.942. The van der Waals surface area contributed by atoms with E-state index < -0.39 is 5.97 Å². The molecule has 0 aliphatic carbocycles. The molecule has 0 spiro atoms. The van der Waals surface area contributed by atoms with E-state index in [0.29, 0.717) is 11.6 Å². The highest BCUT2D eigenvalue weighted by atomic mass is 16.5. The van der Waals surface area contributed by atoms with E-state index >= 15 is 0 Å². The number of ether oxygens (including phenoxy) is 1. The maximum Gasteiger partial charge on any atom is 0.352 e. The third-order valence-electron chi connectivity index (χ3n) is 2.96. The van der Waals surface area contributed by atoms with Crippen molar-refractivity contribution in [1.82, 2.24) is 14.3 Å². The van der Waals surface area contributed by atoms with Crippen LogP contribution in [0, 0.1) is 0 Å². The molecule has 0 aromatic carbocycles. The van der Waals surface area contributed by atoms with E-state index in [2.05, 4.69) is 5.10 Å². The first-order chi connectivity index (χ1) is 8.95. The normalized spacial score (nSPS) is 11.0. The van der Waals surface area contributed by atoms with Gasteiger partial charge in [-0.25, -0.2) is 9.48 Å². The van der Waals surface area contributed by atoms with E-state index in [-0.39, 0.29) is 11.7 Å². The van der Waals surface area contributed by atoms with Crippen molar-refractivity contribution in [3.8, 4) is 17.3 Å². The van der Waals surface area contributed by atoms with Crippen LogP contribution in [0.4, 0.5) is 0 Å². The Bertz CT molecular complexity index is 611. The summed E-state index contributed by atoms with van der Waals surface area (Å²) in [7, 11) is 3.36. The molecular formula is C13H17N3O3. The summed E-state index contributed by atoms with van der Waals surface area (Å²) in [6.07, 6.45) is 0. The molecule has 0 atom stereocenters. The Morgan fingerprint density at radius 2 is 2.11 bits per heavy atom.